The number of hydrogen-bond donors (Lipinski definition) is 1. The molecule has 3 fully saturated rings. The molecule has 1 amide bonds. The van der Waals surface area contributed by atoms with E-state index in [1.807, 2.05) is 13.1 Å². The molecule has 0 radical (unpaired) electrons. The van der Waals surface area contributed by atoms with Crippen LogP contribution in [0.5, 0.6) is 0 Å². The van der Waals surface area contributed by atoms with Gasteiger partial charge in [-0.3, -0.25) is 9.69 Å². The summed E-state index contributed by atoms with van der Waals surface area (Å²) in [5, 5.41) is 2.84. The average molecular weight is 497 g/mol. The fourth-order valence-corrected chi connectivity index (χ4v) is 8.07. The maximum absolute atomic E-state index is 13.8. The van der Waals surface area contributed by atoms with Crippen molar-refractivity contribution in [1.29, 1.82) is 0 Å². The lowest BCUT2D eigenvalue weighted by Crippen LogP contribution is -2.53. The number of fused-ring (bicyclic) bond motifs is 2. The van der Waals surface area contributed by atoms with E-state index in [0.29, 0.717) is 53.9 Å². The number of piperidine rings is 1. The number of carbonyl (C=O) groups excluding carboxylic acids is 1. The van der Waals surface area contributed by atoms with Crippen molar-refractivity contribution in [3.63, 3.8) is 0 Å². The van der Waals surface area contributed by atoms with Gasteiger partial charge in [-0.1, -0.05) is 18.2 Å². The van der Waals surface area contributed by atoms with Crippen LogP contribution in [0.1, 0.15) is 50.5 Å². The second kappa shape index (κ2) is 9.79. The van der Waals surface area contributed by atoms with E-state index in [-0.39, 0.29) is 11.8 Å². The second-order valence-corrected chi connectivity index (χ2v) is 12.0. The van der Waals surface area contributed by atoms with Gasteiger partial charge in [-0.2, -0.15) is 0 Å². The molecular weight excluding hydrogens is 464 g/mol. The summed E-state index contributed by atoms with van der Waals surface area (Å²) in [6, 6.07) is 8.80. The van der Waals surface area contributed by atoms with E-state index >= 15 is 0 Å². The van der Waals surface area contributed by atoms with Crippen molar-refractivity contribution in [1.82, 2.24) is 14.9 Å². The topological polar surface area (TPSA) is 101 Å². The molecule has 2 bridgehead atoms. The Balaban J connectivity index is 1.45. The zero-order chi connectivity index (χ0) is 24.5. The van der Waals surface area contributed by atoms with Gasteiger partial charge in [0, 0.05) is 31.0 Å². The minimum absolute atomic E-state index is 0.212. The zero-order valence-corrected chi connectivity index (χ0v) is 20.8. The van der Waals surface area contributed by atoms with Crippen LogP contribution in [0.25, 0.3) is 5.57 Å². The molecule has 3 aliphatic rings. The Morgan fingerprint density at radius 3 is 2.60 bits per heavy atom. The van der Waals surface area contributed by atoms with E-state index in [1.54, 1.807) is 36.5 Å². The molecule has 9 heteroatoms. The first-order chi connectivity index (χ1) is 16.9. The third kappa shape index (κ3) is 4.52. The molecule has 8 nitrogen and oxygen atoms in total. The fourth-order valence-electron chi connectivity index (χ4n) is 5.81. The molecule has 3 saturated heterocycles. The Bertz CT molecular complexity index is 1190. The SMILES string of the molecule is CN1C2CCCC1(S(=O)(=O)c1ccc(/C(=C\C3CCOCC3)C(=O)Nc3ccncn3)cc1)CC2. The van der Waals surface area contributed by atoms with Gasteiger partial charge in [0.15, 0.2) is 9.84 Å². The summed E-state index contributed by atoms with van der Waals surface area (Å²) in [5.41, 5.74) is 1.19. The van der Waals surface area contributed by atoms with E-state index in [1.165, 1.54) is 6.33 Å². The molecule has 1 N–H and O–H groups in total. The quantitative estimate of drug-likeness (QED) is 0.609. The van der Waals surface area contributed by atoms with Crippen molar-refractivity contribution in [3.8, 4) is 0 Å². The van der Waals surface area contributed by atoms with Gasteiger partial charge in [0.05, 0.1) is 4.90 Å². The van der Waals surface area contributed by atoms with Crippen LogP contribution >= 0.6 is 0 Å². The molecule has 186 valence electrons. The first-order valence-electron chi connectivity index (χ1n) is 12.4. The minimum Gasteiger partial charge on any atom is -0.381 e. The Kier molecular flexibility index (Phi) is 6.74. The Morgan fingerprint density at radius 2 is 1.89 bits per heavy atom. The number of nitrogens with zero attached hydrogens (tertiary/aromatic N) is 3. The number of carbonyl (C=O) groups is 1. The molecule has 2 atom stereocenters. The average Bonchev–Trinajstić information content (AvgIpc) is 3.05. The zero-order valence-electron chi connectivity index (χ0n) is 20.0. The number of sulfone groups is 1. The van der Waals surface area contributed by atoms with Gasteiger partial charge in [0.25, 0.3) is 5.91 Å². The summed E-state index contributed by atoms with van der Waals surface area (Å²) in [6.07, 6.45) is 10.9. The van der Waals surface area contributed by atoms with Crippen molar-refractivity contribution < 1.29 is 17.9 Å². The molecule has 3 aliphatic heterocycles. The lowest BCUT2D eigenvalue weighted by atomic mass is 9.94. The first kappa shape index (κ1) is 24.1. The molecular formula is C26H32N4O4S. The van der Waals surface area contributed by atoms with Crippen LogP contribution in [0.15, 0.2) is 53.8 Å². The second-order valence-electron chi connectivity index (χ2n) is 9.75. The molecule has 0 aliphatic carbocycles. The van der Waals surface area contributed by atoms with Crippen LogP contribution in [0.4, 0.5) is 5.82 Å². The van der Waals surface area contributed by atoms with Gasteiger partial charge in [-0.15, -0.1) is 0 Å². The number of ether oxygens (including phenoxy) is 1. The molecule has 1 aromatic heterocycles. The van der Waals surface area contributed by atoms with Gasteiger partial charge in [-0.05, 0) is 81.7 Å². The molecule has 0 saturated carbocycles. The van der Waals surface area contributed by atoms with Gasteiger partial charge in [0.2, 0.25) is 0 Å². The molecule has 4 heterocycles. The Morgan fingerprint density at radius 1 is 1.11 bits per heavy atom. The minimum atomic E-state index is -3.55. The highest BCUT2D eigenvalue weighted by molar-refractivity contribution is 7.92. The standard InChI is InChI=1S/C26H32N4O4S/c1-30-21-3-2-12-26(30,13-8-21)35(32,33)22-6-4-20(5-7-22)23(17-19-10-15-34-16-11-19)25(31)29-24-9-14-27-18-28-24/h4-7,9,14,17-19,21H,2-3,8,10-13,15-16H2,1H3,(H,27,28,29,31)/b23-17+. The maximum Gasteiger partial charge on any atom is 0.257 e. The normalized spacial score (nSPS) is 26.0. The predicted octanol–water partition coefficient (Wildman–Crippen LogP) is 3.67. The van der Waals surface area contributed by atoms with E-state index in [2.05, 4.69) is 20.2 Å². The Hall–Kier alpha value is -2.62. The van der Waals surface area contributed by atoms with Crippen molar-refractivity contribution >= 4 is 27.1 Å². The van der Waals surface area contributed by atoms with Crippen molar-refractivity contribution in [2.45, 2.75) is 60.8 Å². The largest absolute Gasteiger partial charge is 0.381 e. The lowest BCUT2D eigenvalue weighted by molar-refractivity contribution is -0.111. The van der Waals surface area contributed by atoms with E-state index in [9.17, 15) is 13.2 Å². The highest BCUT2D eigenvalue weighted by atomic mass is 32.2. The predicted molar refractivity (Wildman–Crippen MR) is 133 cm³/mol. The van der Waals surface area contributed by atoms with E-state index in [0.717, 1.165) is 32.1 Å². The number of hydrogen-bond acceptors (Lipinski definition) is 7. The molecule has 5 rings (SSSR count). The molecule has 2 unspecified atom stereocenters. The highest BCUT2D eigenvalue weighted by Gasteiger charge is 2.55. The molecule has 35 heavy (non-hydrogen) atoms. The van der Waals surface area contributed by atoms with E-state index in [4.69, 9.17) is 4.74 Å². The number of anilines is 1. The molecule has 0 spiro atoms. The highest BCUT2D eigenvalue weighted by Crippen LogP contribution is 2.48. The van der Waals surface area contributed by atoms with Gasteiger partial charge in [-0.25, -0.2) is 18.4 Å². The van der Waals surface area contributed by atoms with Crippen molar-refractivity contribution in [2.75, 3.05) is 25.6 Å². The number of nitrogens with one attached hydrogen (secondary N) is 1. The third-order valence-electron chi connectivity index (χ3n) is 7.88. The summed E-state index contributed by atoms with van der Waals surface area (Å²) < 4.78 is 33.0. The summed E-state index contributed by atoms with van der Waals surface area (Å²) >= 11 is 0. The number of amides is 1. The van der Waals surface area contributed by atoms with E-state index < -0.39 is 14.7 Å². The van der Waals surface area contributed by atoms with Crippen molar-refractivity contribution in [2.24, 2.45) is 5.92 Å². The molecule has 2 aromatic rings. The first-order valence-corrected chi connectivity index (χ1v) is 13.8. The van der Waals surface area contributed by atoms with Crippen LogP contribution < -0.4 is 5.32 Å². The van der Waals surface area contributed by atoms with Crippen LogP contribution in [-0.4, -0.2) is 60.4 Å². The van der Waals surface area contributed by atoms with Crippen LogP contribution in [-0.2, 0) is 19.4 Å². The number of allylic oxidation sites excluding steroid dienone is 1. The third-order valence-corrected chi connectivity index (χ3v) is 10.5. The number of aromatic nitrogens is 2. The fraction of sp³-hybridized carbons (Fsp3) is 0.500. The number of rotatable bonds is 6. The monoisotopic (exact) mass is 496 g/mol. The Labute approximate surface area is 206 Å². The summed E-state index contributed by atoms with van der Waals surface area (Å²) in [4.78, 5) is 22.8. The maximum atomic E-state index is 13.8. The molecule has 1 aromatic carbocycles. The smallest absolute Gasteiger partial charge is 0.257 e. The van der Waals surface area contributed by atoms with Gasteiger partial charge < -0.3 is 10.1 Å². The van der Waals surface area contributed by atoms with Crippen molar-refractivity contribution in [3.05, 3.63) is 54.5 Å². The number of benzene rings is 1. The van der Waals surface area contributed by atoms with Crippen LogP contribution in [0.2, 0.25) is 0 Å². The van der Waals surface area contributed by atoms with Gasteiger partial charge in [0.1, 0.15) is 17.0 Å². The van der Waals surface area contributed by atoms with Crippen LogP contribution in [0.3, 0.4) is 0 Å². The summed E-state index contributed by atoms with van der Waals surface area (Å²) in [7, 11) is -1.59. The summed E-state index contributed by atoms with van der Waals surface area (Å²) in [6.45, 7) is 1.32. The lowest BCUT2D eigenvalue weighted by Gasteiger charge is -2.41. The summed E-state index contributed by atoms with van der Waals surface area (Å²) in [5.74, 6) is 0.343. The van der Waals surface area contributed by atoms with Gasteiger partial charge >= 0.3 is 0 Å². The van der Waals surface area contributed by atoms with Crippen LogP contribution in [0, 0.1) is 5.92 Å².